The van der Waals surface area contributed by atoms with Crippen molar-refractivity contribution in [3.63, 3.8) is 0 Å². The molecule has 2 heterocycles. The average Bonchev–Trinajstić information content (AvgIpc) is 3.87. The van der Waals surface area contributed by atoms with E-state index in [1.807, 2.05) is 26.0 Å². The van der Waals surface area contributed by atoms with Gasteiger partial charge in [-0.1, -0.05) is 37.1 Å². The molecule has 6 nitrogen and oxygen atoms in total. The SMILES string of the molecule is C[C@]12Cc3cnn(-c4ccc(F)cc4)c3C=C1CCC[C@]2(F)C=O.C[C@]12Cc3cnn(-c4ccc(F)cc4)c3C=C1CCC[C@]2(F)[C@@H](O)c1ccc(F)cc1.Fc1cc[c-]cc1.[Br-].[H-].[K+].[Mg+2]. The van der Waals surface area contributed by atoms with Gasteiger partial charge in [-0.3, -0.25) is 4.79 Å². The Morgan fingerprint density at radius 3 is 1.54 bits per heavy atom. The van der Waals surface area contributed by atoms with E-state index in [2.05, 4.69) is 16.3 Å². The van der Waals surface area contributed by atoms with Gasteiger partial charge < -0.3 is 23.5 Å². The van der Waals surface area contributed by atoms with Gasteiger partial charge in [-0.25, -0.2) is 35.7 Å². The second-order valence-electron chi connectivity index (χ2n) is 17.0. The zero-order valence-corrected chi connectivity index (χ0v) is 42.5. The number of hydrogen-bond acceptors (Lipinski definition) is 4. The largest absolute Gasteiger partial charge is 2.00 e. The van der Waals surface area contributed by atoms with Crippen molar-refractivity contribution < 1.29 is 106 Å². The summed E-state index contributed by atoms with van der Waals surface area (Å²) in [5.74, 6) is -1.25. The monoisotopic (exact) mass is 990 g/mol. The molecular formula is C50H46BrF6KMgN4O2. The molecule has 0 saturated heterocycles. The minimum Gasteiger partial charge on any atom is -1.00 e. The number of carbonyl (C=O) groups excluding carboxylic acids is 1. The van der Waals surface area contributed by atoms with E-state index in [4.69, 9.17) is 0 Å². The number of aliphatic hydroxyl groups excluding tert-OH is 1. The zero-order valence-electron chi connectivity index (χ0n) is 37.4. The number of allylic oxidation sites excluding steroid dienone is 2. The van der Waals surface area contributed by atoms with Crippen LogP contribution in [0.25, 0.3) is 23.5 Å². The van der Waals surface area contributed by atoms with Crippen LogP contribution >= 0.6 is 0 Å². The van der Waals surface area contributed by atoms with E-state index in [1.54, 1.807) is 46.0 Å². The van der Waals surface area contributed by atoms with Crippen LogP contribution in [0.1, 0.15) is 88.0 Å². The summed E-state index contributed by atoms with van der Waals surface area (Å²) in [6.45, 7) is 3.70. The second-order valence-corrected chi connectivity index (χ2v) is 17.0. The summed E-state index contributed by atoms with van der Waals surface area (Å²) in [5, 5.41) is 19.9. The predicted octanol–water partition coefficient (Wildman–Crippen LogP) is 5.14. The van der Waals surface area contributed by atoms with E-state index in [1.165, 1.54) is 72.8 Å². The van der Waals surface area contributed by atoms with Gasteiger partial charge in [0.25, 0.3) is 0 Å². The van der Waals surface area contributed by atoms with Crippen LogP contribution in [-0.2, 0) is 17.6 Å². The van der Waals surface area contributed by atoms with Gasteiger partial charge in [0.15, 0.2) is 12.0 Å². The summed E-state index contributed by atoms with van der Waals surface area (Å²) in [6.07, 6.45) is 10.6. The van der Waals surface area contributed by atoms with Gasteiger partial charge in [0.05, 0.1) is 35.2 Å². The first-order valence-corrected chi connectivity index (χ1v) is 20.7. The maximum Gasteiger partial charge on any atom is 2.00 e. The minimum atomic E-state index is -1.90. The zero-order chi connectivity index (χ0) is 43.9. The number of nitrogens with zero attached hydrogens (tertiary/aromatic N) is 4. The van der Waals surface area contributed by atoms with Gasteiger partial charge in [0, 0.05) is 16.6 Å². The predicted molar refractivity (Wildman–Crippen MR) is 232 cm³/mol. The topological polar surface area (TPSA) is 72.9 Å². The van der Waals surface area contributed by atoms with Crippen LogP contribution in [0.5, 0.6) is 0 Å². The number of aromatic nitrogens is 4. The molecule has 6 aromatic rings. The molecule has 1 N–H and O–H groups in total. The van der Waals surface area contributed by atoms with Crippen molar-refractivity contribution in [3.8, 4) is 11.4 Å². The maximum absolute atomic E-state index is 16.7. The van der Waals surface area contributed by atoms with E-state index in [9.17, 15) is 27.5 Å². The number of rotatable bonds is 5. The molecule has 330 valence electrons. The Balaban J connectivity index is 0.000000243. The van der Waals surface area contributed by atoms with E-state index in [-0.39, 0.29) is 123 Å². The number of fused-ring (bicyclic) bond motifs is 4. The number of aldehydes is 1. The van der Waals surface area contributed by atoms with E-state index >= 15 is 8.78 Å². The average molecular weight is 992 g/mol. The van der Waals surface area contributed by atoms with Crippen molar-refractivity contribution in [3.05, 3.63) is 178 Å². The summed E-state index contributed by atoms with van der Waals surface area (Å²) in [4.78, 5) is 11.5. The molecule has 0 aliphatic heterocycles. The summed E-state index contributed by atoms with van der Waals surface area (Å²) in [5.41, 5.74) is 1.85. The van der Waals surface area contributed by atoms with Crippen molar-refractivity contribution in [2.45, 2.75) is 82.7 Å². The summed E-state index contributed by atoms with van der Waals surface area (Å²) >= 11 is 0. The number of halogens is 7. The third kappa shape index (κ3) is 10.2. The van der Waals surface area contributed by atoms with Crippen molar-refractivity contribution in [1.29, 1.82) is 0 Å². The molecule has 65 heavy (non-hydrogen) atoms. The summed E-state index contributed by atoms with van der Waals surface area (Å²) in [7, 11) is 0. The molecule has 0 bridgehead atoms. The number of hydrogen-bond donors (Lipinski definition) is 1. The fourth-order valence-corrected chi connectivity index (χ4v) is 9.63. The molecule has 4 aliphatic carbocycles. The Morgan fingerprint density at radius 1 is 0.677 bits per heavy atom. The molecule has 4 aromatic carbocycles. The molecule has 2 fully saturated rings. The first kappa shape index (κ1) is 52.8. The first-order valence-electron chi connectivity index (χ1n) is 20.7. The van der Waals surface area contributed by atoms with Crippen molar-refractivity contribution in [2.75, 3.05) is 0 Å². The van der Waals surface area contributed by atoms with Crippen LogP contribution in [0.15, 0.2) is 121 Å². The molecule has 15 heteroatoms. The van der Waals surface area contributed by atoms with Gasteiger partial charge in [-0.2, -0.15) is 28.4 Å². The Kier molecular flexibility index (Phi) is 17.4. The molecule has 10 rings (SSSR count). The van der Waals surface area contributed by atoms with Gasteiger partial charge in [0.1, 0.15) is 29.2 Å². The number of benzene rings is 4. The number of alkyl halides is 2. The van der Waals surface area contributed by atoms with Crippen LogP contribution in [0.2, 0.25) is 0 Å². The molecule has 4 aliphatic rings. The summed E-state index contributed by atoms with van der Waals surface area (Å²) in [6, 6.07) is 26.1. The van der Waals surface area contributed by atoms with E-state index in [0.717, 1.165) is 57.9 Å². The van der Waals surface area contributed by atoms with Crippen LogP contribution in [0, 0.1) is 40.2 Å². The minimum absolute atomic E-state index is 0. The van der Waals surface area contributed by atoms with Gasteiger partial charge in [0.2, 0.25) is 0 Å². The van der Waals surface area contributed by atoms with E-state index < -0.39 is 34.1 Å². The Hall–Kier alpha value is -3.13. The van der Waals surface area contributed by atoms with E-state index in [0.29, 0.717) is 37.5 Å². The van der Waals surface area contributed by atoms with Gasteiger partial charge in [-0.05, 0) is 141 Å². The van der Waals surface area contributed by atoms with Crippen LogP contribution in [0.3, 0.4) is 0 Å². The Morgan fingerprint density at radius 2 is 1.09 bits per heavy atom. The Labute approximate surface area is 445 Å². The first-order chi connectivity index (χ1) is 29.7. The van der Waals surface area contributed by atoms with Crippen LogP contribution in [-0.4, -0.2) is 65.3 Å². The van der Waals surface area contributed by atoms with Crippen molar-refractivity contribution in [2.24, 2.45) is 10.8 Å². The quantitative estimate of drug-likeness (QED) is 0.113. The standard InChI is InChI=1S/C25H23F3N2O.C19H18F2N2O.C6H4F.BrH.K.Mg.H/c1-24-14-17-15-29-30(21-10-8-20(27)9-11-21)22(17)13-18(24)3-2-12-25(24,28)23(31)16-4-6-19(26)7-5-16;1-18-10-13-11-22-23(16-6-4-15(20)5-7-16)17(13)9-14(18)3-2-8-19(18,21)12-24;7-6-4-2-1-3-5-6;;;;/h4-11,13,15,23,31H,2-3,12,14H2,1H3;4-7,9,11-12H,2-3,8,10H2,1H3;2-5H;1H;;;/q;;-1;;+1;+2;-1/p-1/t23-,24-,25-;18-,19-;;;;;/m00...../s1. The van der Waals surface area contributed by atoms with Crippen LogP contribution < -0.4 is 68.4 Å². The van der Waals surface area contributed by atoms with Gasteiger partial charge in [-0.15, -0.1) is 12.1 Å². The molecule has 0 unspecified atom stereocenters. The molecule has 0 amide bonds. The molecule has 2 aromatic heterocycles. The fourth-order valence-electron chi connectivity index (χ4n) is 9.63. The Bertz CT molecular complexity index is 2650. The number of carbonyl (C=O) groups is 1. The smallest absolute Gasteiger partial charge is 1.00 e. The van der Waals surface area contributed by atoms with Crippen molar-refractivity contribution >= 4 is 41.5 Å². The number of aliphatic hydroxyl groups is 1. The second kappa shape index (κ2) is 21.4. The molecular weight excluding hydrogens is 946 g/mol. The normalized spacial score (nSPS) is 24.0. The molecule has 2 saturated carbocycles. The third-order valence-corrected chi connectivity index (χ3v) is 13.3. The summed E-state index contributed by atoms with van der Waals surface area (Å²) < 4.78 is 87.1. The fraction of sp³-hybridized carbons (Fsp3) is 0.300. The third-order valence-electron chi connectivity index (χ3n) is 13.3. The molecule has 0 spiro atoms. The van der Waals surface area contributed by atoms with Gasteiger partial charge >= 0.3 is 74.4 Å². The van der Waals surface area contributed by atoms with Crippen molar-refractivity contribution in [1.82, 2.24) is 19.6 Å². The molecule has 5 atom stereocenters. The van der Waals surface area contributed by atoms with Crippen LogP contribution in [0.4, 0.5) is 26.3 Å². The maximum atomic E-state index is 16.7. The molecule has 0 radical (unpaired) electrons.